The Bertz CT molecular complexity index is 461. The fourth-order valence-electron chi connectivity index (χ4n) is 1.69. The van der Waals surface area contributed by atoms with Crippen molar-refractivity contribution < 1.29 is 9.59 Å². The van der Waals surface area contributed by atoms with E-state index in [0.717, 1.165) is 0 Å². The number of hydrogen-bond donors (Lipinski definition) is 1. The van der Waals surface area contributed by atoms with Gasteiger partial charge in [0, 0.05) is 7.05 Å². The molecule has 1 aromatic heterocycles. The predicted molar refractivity (Wildman–Crippen MR) is 61.7 cm³/mol. The molecule has 0 bridgehead atoms. The largest absolute Gasteiger partial charge is 0.384 e. The molecule has 1 fully saturated rings. The number of pyridine rings is 1. The van der Waals surface area contributed by atoms with Gasteiger partial charge in [0.05, 0.1) is 18.8 Å². The second-order valence-corrected chi connectivity index (χ2v) is 4.05. The van der Waals surface area contributed by atoms with Crippen molar-refractivity contribution in [2.45, 2.75) is 6.54 Å². The number of carbonyl (C=O) groups excluding carboxylic acids is 2. The third kappa shape index (κ3) is 2.52. The van der Waals surface area contributed by atoms with E-state index in [0.29, 0.717) is 18.1 Å². The summed E-state index contributed by atoms with van der Waals surface area (Å²) in [4.78, 5) is 30.2. The molecule has 1 aliphatic heterocycles. The van der Waals surface area contributed by atoms with E-state index in [1.54, 1.807) is 25.2 Å². The van der Waals surface area contributed by atoms with Crippen molar-refractivity contribution in [1.82, 2.24) is 14.8 Å². The van der Waals surface area contributed by atoms with Crippen molar-refractivity contribution in [2.24, 2.45) is 0 Å². The average molecular weight is 234 g/mol. The van der Waals surface area contributed by atoms with Crippen molar-refractivity contribution in [3.63, 3.8) is 0 Å². The lowest BCUT2D eigenvalue weighted by molar-refractivity contribution is -0.149. The van der Waals surface area contributed by atoms with Crippen LogP contribution in [-0.4, -0.2) is 46.7 Å². The van der Waals surface area contributed by atoms with Gasteiger partial charge < -0.3 is 15.5 Å². The van der Waals surface area contributed by atoms with Gasteiger partial charge in [-0.2, -0.15) is 0 Å². The second-order valence-electron chi connectivity index (χ2n) is 4.05. The maximum atomic E-state index is 11.7. The summed E-state index contributed by atoms with van der Waals surface area (Å²) >= 11 is 0. The topological polar surface area (TPSA) is 79.5 Å². The molecule has 2 rings (SSSR count). The van der Waals surface area contributed by atoms with Crippen LogP contribution in [0, 0.1) is 0 Å². The number of rotatable bonds is 2. The SMILES string of the molecule is CN1CC(=O)N(Cc2cccc(N)n2)CC1=O. The molecule has 0 unspecified atom stereocenters. The van der Waals surface area contributed by atoms with E-state index in [-0.39, 0.29) is 24.9 Å². The van der Waals surface area contributed by atoms with Gasteiger partial charge in [0.25, 0.3) is 0 Å². The van der Waals surface area contributed by atoms with Crippen LogP contribution >= 0.6 is 0 Å². The van der Waals surface area contributed by atoms with E-state index < -0.39 is 0 Å². The minimum absolute atomic E-state index is 0.0616. The monoisotopic (exact) mass is 234 g/mol. The van der Waals surface area contributed by atoms with E-state index >= 15 is 0 Å². The molecule has 0 radical (unpaired) electrons. The molecule has 2 N–H and O–H groups in total. The molecule has 6 heteroatoms. The average Bonchev–Trinajstić information content (AvgIpc) is 2.26. The van der Waals surface area contributed by atoms with Crippen molar-refractivity contribution in [1.29, 1.82) is 0 Å². The van der Waals surface area contributed by atoms with Crippen LogP contribution in [-0.2, 0) is 16.1 Å². The molecule has 0 aromatic carbocycles. The number of hydrogen-bond acceptors (Lipinski definition) is 4. The van der Waals surface area contributed by atoms with E-state index in [1.807, 2.05) is 0 Å². The quantitative estimate of drug-likeness (QED) is 0.745. The number of anilines is 1. The summed E-state index contributed by atoms with van der Waals surface area (Å²) in [5.41, 5.74) is 6.25. The van der Waals surface area contributed by atoms with Gasteiger partial charge in [-0.3, -0.25) is 9.59 Å². The van der Waals surface area contributed by atoms with E-state index in [1.165, 1.54) is 9.80 Å². The first-order chi connectivity index (χ1) is 8.06. The summed E-state index contributed by atoms with van der Waals surface area (Å²) in [6, 6.07) is 5.24. The number of nitrogens with zero attached hydrogens (tertiary/aromatic N) is 3. The molecule has 90 valence electrons. The summed E-state index contributed by atoms with van der Waals surface area (Å²) in [7, 11) is 1.62. The number of nitrogen functional groups attached to an aromatic ring is 1. The zero-order chi connectivity index (χ0) is 12.4. The highest BCUT2D eigenvalue weighted by molar-refractivity contribution is 5.92. The normalized spacial score (nSPS) is 16.5. The molecule has 0 atom stereocenters. The molecule has 1 aliphatic rings. The number of carbonyl (C=O) groups is 2. The number of aromatic nitrogens is 1. The van der Waals surface area contributed by atoms with E-state index in [2.05, 4.69) is 4.98 Å². The van der Waals surface area contributed by atoms with Gasteiger partial charge in [-0.1, -0.05) is 6.07 Å². The van der Waals surface area contributed by atoms with Crippen molar-refractivity contribution in [3.05, 3.63) is 23.9 Å². The molecule has 1 saturated heterocycles. The zero-order valence-corrected chi connectivity index (χ0v) is 9.59. The maximum absolute atomic E-state index is 11.7. The van der Waals surface area contributed by atoms with Crippen LogP contribution in [0.2, 0.25) is 0 Å². The van der Waals surface area contributed by atoms with Crippen LogP contribution < -0.4 is 5.73 Å². The molecule has 2 heterocycles. The summed E-state index contributed by atoms with van der Waals surface area (Å²) in [6.45, 7) is 0.552. The number of amides is 2. The highest BCUT2D eigenvalue weighted by Gasteiger charge is 2.27. The molecule has 0 aliphatic carbocycles. The number of piperazine rings is 1. The molecule has 2 amide bonds. The fourth-order valence-corrected chi connectivity index (χ4v) is 1.69. The van der Waals surface area contributed by atoms with Crippen LogP contribution in [0.15, 0.2) is 18.2 Å². The lowest BCUT2D eigenvalue weighted by Gasteiger charge is -2.31. The van der Waals surface area contributed by atoms with Crippen LogP contribution in [0.5, 0.6) is 0 Å². The lowest BCUT2D eigenvalue weighted by atomic mass is 10.2. The molecule has 0 saturated carbocycles. The Hall–Kier alpha value is -2.11. The Morgan fingerprint density at radius 1 is 1.29 bits per heavy atom. The zero-order valence-electron chi connectivity index (χ0n) is 9.59. The first kappa shape index (κ1) is 11.4. The van der Waals surface area contributed by atoms with Gasteiger partial charge in [-0.25, -0.2) is 4.98 Å². The smallest absolute Gasteiger partial charge is 0.243 e. The van der Waals surface area contributed by atoms with Crippen LogP contribution in [0.3, 0.4) is 0 Å². The Morgan fingerprint density at radius 2 is 2.06 bits per heavy atom. The van der Waals surface area contributed by atoms with Crippen LogP contribution in [0.25, 0.3) is 0 Å². The maximum Gasteiger partial charge on any atom is 0.243 e. The third-order valence-electron chi connectivity index (χ3n) is 2.66. The molecule has 0 spiro atoms. The third-order valence-corrected chi connectivity index (χ3v) is 2.66. The van der Waals surface area contributed by atoms with Crippen molar-refractivity contribution in [2.75, 3.05) is 25.9 Å². The van der Waals surface area contributed by atoms with Gasteiger partial charge in [0.2, 0.25) is 11.8 Å². The van der Waals surface area contributed by atoms with Crippen LogP contribution in [0.4, 0.5) is 5.82 Å². The summed E-state index contributed by atoms with van der Waals surface area (Å²) in [5.74, 6) is 0.278. The molecule has 17 heavy (non-hydrogen) atoms. The van der Waals surface area contributed by atoms with Gasteiger partial charge in [-0.05, 0) is 12.1 Å². The molecule has 6 nitrogen and oxygen atoms in total. The molecule has 1 aromatic rings. The standard InChI is InChI=1S/C11H14N4O2/c1-14-6-11(17)15(7-10(14)16)5-8-3-2-4-9(12)13-8/h2-4H,5-7H2,1H3,(H2,12,13). The molecular formula is C11H14N4O2. The predicted octanol–water partition coefficient (Wildman–Crippen LogP) is -0.536. The van der Waals surface area contributed by atoms with E-state index in [9.17, 15) is 9.59 Å². The molecular weight excluding hydrogens is 220 g/mol. The van der Waals surface area contributed by atoms with E-state index in [4.69, 9.17) is 5.73 Å². The fraction of sp³-hybridized carbons (Fsp3) is 0.364. The summed E-state index contributed by atoms with van der Waals surface area (Å²) in [6.07, 6.45) is 0. The number of nitrogens with two attached hydrogens (primary N) is 1. The number of likely N-dealkylation sites (N-methyl/N-ethyl adjacent to an activating group) is 1. The van der Waals surface area contributed by atoms with Gasteiger partial charge in [0.1, 0.15) is 12.4 Å². The highest BCUT2D eigenvalue weighted by Crippen LogP contribution is 2.09. The van der Waals surface area contributed by atoms with Crippen molar-refractivity contribution in [3.8, 4) is 0 Å². The van der Waals surface area contributed by atoms with Gasteiger partial charge in [0.15, 0.2) is 0 Å². The Kier molecular flexibility index (Phi) is 2.95. The van der Waals surface area contributed by atoms with Gasteiger partial charge >= 0.3 is 0 Å². The summed E-state index contributed by atoms with van der Waals surface area (Å²) < 4.78 is 0. The Balaban J connectivity index is 2.08. The first-order valence-corrected chi connectivity index (χ1v) is 5.29. The highest BCUT2D eigenvalue weighted by atomic mass is 16.2. The Morgan fingerprint density at radius 3 is 2.76 bits per heavy atom. The minimum atomic E-state index is -0.0728. The van der Waals surface area contributed by atoms with Crippen LogP contribution in [0.1, 0.15) is 5.69 Å². The lowest BCUT2D eigenvalue weighted by Crippen LogP contribution is -2.51. The van der Waals surface area contributed by atoms with Gasteiger partial charge in [-0.15, -0.1) is 0 Å². The van der Waals surface area contributed by atoms with Crippen molar-refractivity contribution >= 4 is 17.6 Å². The Labute approximate surface area is 99.0 Å². The minimum Gasteiger partial charge on any atom is -0.384 e. The summed E-state index contributed by atoms with van der Waals surface area (Å²) in [5, 5.41) is 0. The second kappa shape index (κ2) is 4.40. The first-order valence-electron chi connectivity index (χ1n) is 5.29.